The lowest BCUT2D eigenvalue weighted by Gasteiger charge is -2.03. The fraction of sp³-hybridized carbons (Fsp3) is 0.250. The van der Waals surface area contributed by atoms with Crippen LogP contribution in [0.1, 0.15) is 20.2 Å². The second-order valence-corrected chi connectivity index (χ2v) is 7.66. The third kappa shape index (κ3) is 3.87. The van der Waals surface area contributed by atoms with Gasteiger partial charge in [-0.05, 0) is 41.9 Å². The highest BCUT2D eigenvalue weighted by atomic mass is 79.9. The monoisotopic (exact) mass is 373 g/mol. The van der Waals surface area contributed by atoms with Crippen molar-refractivity contribution in [3.05, 3.63) is 31.4 Å². The lowest BCUT2D eigenvalue weighted by Crippen LogP contribution is -2.32. The fourth-order valence-corrected chi connectivity index (χ4v) is 3.51. The standard InChI is InChI=1S/C12H12BrN3O2S2/c1-6-7(2)19-12(15-6)16-10(17)5-14-11(18)8-3-4-9(13)20-8/h3-4H,5H2,1-2H3,(H,14,18)(H,15,16,17). The van der Waals surface area contributed by atoms with E-state index < -0.39 is 0 Å². The zero-order chi connectivity index (χ0) is 14.7. The third-order valence-corrected chi connectivity index (χ3v) is 5.09. The van der Waals surface area contributed by atoms with Crippen molar-refractivity contribution < 1.29 is 9.59 Å². The van der Waals surface area contributed by atoms with E-state index in [4.69, 9.17) is 0 Å². The minimum absolute atomic E-state index is 0.0774. The molecule has 0 saturated carbocycles. The summed E-state index contributed by atoms with van der Waals surface area (Å²) < 4.78 is 0.876. The lowest BCUT2D eigenvalue weighted by atomic mass is 10.4. The number of hydrogen-bond acceptors (Lipinski definition) is 5. The van der Waals surface area contributed by atoms with Gasteiger partial charge in [0, 0.05) is 4.88 Å². The molecule has 2 heterocycles. The van der Waals surface area contributed by atoms with Crippen molar-refractivity contribution in [3.63, 3.8) is 0 Å². The van der Waals surface area contributed by atoms with Crippen LogP contribution in [0.5, 0.6) is 0 Å². The second-order valence-electron chi connectivity index (χ2n) is 4.00. The SMILES string of the molecule is Cc1nc(NC(=O)CNC(=O)c2ccc(Br)s2)sc1C. The molecule has 0 aliphatic carbocycles. The van der Waals surface area contributed by atoms with Crippen LogP contribution in [0.3, 0.4) is 0 Å². The van der Waals surface area contributed by atoms with Crippen molar-refractivity contribution in [2.75, 3.05) is 11.9 Å². The van der Waals surface area contributed by atoms with Gasteiger partial charge >= 0.3 is 0 Å². The van der Waals surface area contributed by atoms with Gasteiger partial charge in [-0.2, -0.15) is 0 Å². The van der Waals surface area contributed by atoms with Crippen molar-refractivity contribution in [1.29, 1.82) is 0 Å². The number of aryl methyl sites for hydroxylation is 2. The van der Waals surface area contributed by atoms with Crippen molar-refractivity contribution in [3.8, 4) is 0 Å². The van der Waals surface area contributed by atoms with E-state index in [2.05, 4.69) is 31.5 Å². The molecule has 0 unspecified atom stereocenters. The van der Waals surface area contributed by atoms with E-state index in [9.17, 15) is 9.59 Å². The van der Waals surface area contributed by atoms with Gasteiger partial charge in [-0.15, -0.1) is 22.7 Å². The smallest absolute Gasteiger partial charge is 0.261 e. The Kier molecular flexibility index (Phi) is 4.90. The van der Waals surface area contributed by atoms with Crippen LogP contribution >= 0.6 is 38.6 Å². The van der Waals surface area contributed by atoms with Crippen LogP contribution in [0.4, 0.5) is 5.13 Å². The molecule has 2 aromatic rings. The van der Waals surface area contributed by atoms with Gasteiger partial charge in [-0.25, -0.2) is 4.98 Å². The van der Waals surface area contributed by atoms with Crippen LogP contribution < -0.4 is 10.6 Å². The van der Waals surface area contributed by atoms with Crippen LogP contribution in [0, 0.1) is 13.8 Å². The quantitative estimate of drug-likeness (QED) is 0.865. The first-order valence-corrected chi connectivity index (χ1v) is 8.15. The third-order valence-electron chi connectivity index (χ3n) is 2.48. The maximum absolute atomic E-state index is 11.8. The topological polar surface area (TPSA) is 71.1 Å². The summed E-state index contributed by atoms with van der Waals surface area (Å²) in [7, 11) is 0. The average molecular weight is 374 g/mol. The number of rotatable bonds is 4. The summed E-state index contributed by atoms with van der Waals surface area (Å²) in [6.45, 7) is 3.75. The fourth-order valence-electron chi connectivity index (χ4n) is 1.37. The Morgan fingerprint density at radius 3 is 2.60 bits per heavy atom. The molecule has 0 atom stereocenters. The molecule has 0 aromatic carbocycles. The largest absolute Gasteiger partial charge is 0.342 e. The molecule has 0 aliphatic heterocycles. The number of amides is 2. The van der Waals surface area contributed by atoms with Gasteiger partial charge < -0.3 is 10.6 Å². The molecule has 2 N–H and O–H groups in total. The summed E-state index contributed by atoms with van der Waals surface area (Å²) in [6.07, 6.45) is 0. The first-order chi connectivity index (χ1) is 9.45. The van der Waals surface area contributed by atoms with E-state index in [1.54, 1.807) is 12.1 Å². The number of nitrogens with one attached hydrogen (secondary N) is 2. The molecule has 106 valence electrons. The maximum Gasteiger partial charge on any atom is 0.261 e. The highest BCUT2D eigenvalue weighted by Gasteiger charge is 2.11. The van der Waals surface area contributed by atoms with E-state index in [0.29, 0.717) is 10.0 Å². The number of thiazole rings is 1. The predicted molar refractivity (Wildman–Crippen MR) is 84.6 cm³/mol. The van der Waals surface area contributed by atoms with Crippen molar-refractivity contribution in [1.82, 2.24) is 10.3 Å². The number of halogens is 1. The first-order valence-electron chi connectivity index (χ1n) is 5.73. The van der Waals surface area contributed by atoms with E-state index in [1.165, 1.54) is 22.7 Å². The molecule has 0 spiro atoms. The van der Waals surface area contributed by atoms with Crippen LogP contribution in [0.15, 0.2) is 15.9 Å². The molecule has 5 nitrogen and oxygen atoms in total. The Morgan fingerprint density at radius 1 is 1.30 bits per heavy atom. The first kappa shape index (κ1) is 15.1. The summed E-state index contributed by atoms with van der Waals surface area (Å²) in [5.41, 5.74) is 0.901. The van der Waals surface area contributed by atoms with Crippen LogP contribution in [0.2, 0.25) is 0 Å². The molecule has 8 heteroatoms. The summed E-state index contributed by atoms with van der Waals surface area (Å²) in [5.74, 6) is -0.551. The Labute approximate surface area is 132 Å². The molecule has 0 saturated heterocycles. The number of hydrogen-bond donors (Lipinski definition) is 2. The molecule has 0 fully saturated rings. The molecule has 0 aliphatic rings. The average Bonchev–Trinajstić information content (AvgIpc) is 2.94. The molecule has 2 amide bonds. The van der Waals surface area contributed by atoms with Crippen LogP contribution in [-0.2, 0) is 4.79 Å². The minimum Gasteiger partial charge on any atom is -0.342 e. The Morgan fingerprint density at radius 2 is 2.05 bits per heavy atom. The molecule has 0 bridgehead atoms. The number of nitrogens with zero attached hydrogens (tertiary/aromatic N) is 1. The molecular weight excluding hydrogens is 362 g/mol. The van der Waals surface area contributed by atoms with Gasteiger partial charge in [0.05, 0.1) is 20.9 Å². The van der Waals surface area contributed by atoms with E-state index in [-0.39, 0.29) is 18.4 Å². The number of anilines is 1. The van der Waals surface area contributed by atoms with Crippen molar-refractivity contribution >= 4 is 55.5 Å². The Bertz CT molecular complexity index is 631. The van der Waals surface area contributed by atoms with Gasteiger partial charge in [0.15, 0.2) is 5.13 Å². The summed E-state index contributed by atoms with van der Waals surface area (Å²) >= 11 is 6.02. The normalized spacial score (nSPS) is 10.3. The van der Waals surface area contributed by atoms with Crippen molar-refractivity contribution in [2.45, 2.75) is 13.8 Å². The Hall–Kier alpha value is -1.25. The molecule has 2 rings (SSSR count). The molecule has 20 heavy (non-hydrogen) atoms. The highest BCUT2D eigenvalue weighted by Crippen LogP contribution is 2.22. The Balaban J connectivity index is 1.84. The van der Waals surface area contributed by atoms with Crippen molar-refractivity contribution in [2.24, 2.45) is 0 Å². The van der Waals surface area contributed by atoms with E-state index >= 15 is 0 Å². The van der Waals surface area contributed by atoms with Gasteiger partial charge in [0.1, 0.15) is 0 Å². The van der Waals surface area contributed by atoms with E-state index in [0.717, 1.165) is 14.4 Å². The number of carbonyl (C=O) groups excluding carboxylic acids is 2. The van der Waals surface area contributed by atoms with Gasteiger partial charge in [-0.1, -0.05) is 0 Å². The second kappa shape index (κ2) is 6.47. The number of carbonyl (C=O) groups is 2. The highest BCUT2D eigenvalue weighted by molar-refractivity contribution is 9.11. The number of aromatic nitrogens is 1. The minimum atomic E-state index is -0.289. The van der Waals surface area contributed by atoms with Crippen LogP contribution in [0.25, 0.3) is 0 Å². The summed E-state index contributed by atoms with van der Waals surface area (Å²) in [4.78, 5) is 29.3. The van der Waals surface area contributed by atoms with Crippen LogP contribution in [-0.4, -0.2) is 23.3 Å². The molecular formula is C12H12BrN3O2S2. The zero-order valence-electron chi connectivity index (χ0n) is 10.8. The van der Waals surface area contributed by atoms with Gasteiger partial charge in [0.2, 0.25) is 5.91 Å². The summed E-state index contributed by atoms with van der Waals surface area (Å²) in [5, 5.41) is 5.79. The van der Waals surface area contributed by atoms with E-state index in [1.807, 2.05) is 13.8 Å². The van der Waals surface area contributed by atoms with Gasteiger partial charge in [-0.3, -0.25) is 9.59 Å². The maximum atomic E-state index is 11.8. The molecule has 0 radical (unpaired) electrons. The zero-order valence-corrected chi connectivity index (χ0v) is 14.0. The summed E-state index contributed by atoms with van der Waals surface area (Å²) in [6, 6.07) is 3.50. The molecule has 2 aromatic heterocycles. The van der Waals surface area contributed by atoms with Gasteiger partial charge in [0.25, 0.3) is 5.91 Å². The number of thiophene rings is 1. The predicted octanol–water partition coefficient (Wildman–Crippen LogP) is 2.95. The lowest BCUT2D eigenvalue weighted by molar-refractivity contribution is -0.115.